The van der Waals surface area contributed by atoms with Gasteiger partial charge in [0.2, 0.25) is 0 Å². The van der Waals surface area contributed by atoms with Crippen molar-refractivity contribution in [2.24, 2.45) is 0 Å². The van der Waals surface area contributed by atoms with Crippen molar-refractivity contribution in [3.8, 4) is 0 Å². The summed E-state index contributed by atoms with van der Waals surface area (Å²) < 4.78 is 21.9. The molecule has 243 valence electrons. The number of carbonyl (C=O) groups is 5. The van der Waals surface area contributed by atoms with Gasteiger partial charge in [-0.1, -0.05) is 39.0 Å². The number of carboxylic acids is 5. The summed E-state index contributed by atoms with van der Waals surface area (Å²) in [4.78, 5) is 70.5. The quantitative estimate of drug-likeness (QED) is 0.0555. The fourth-order valence-electron chi connectivity index (χ4n) is 3.77. The maximum Gasteiger partial charge on any atom is 3.00 e. The minimum atomic E-state index is -4.95. The monoisotopic (exact) mass is 767 g/mol. The van der Waals surface area contributed by atoms with Crippen molar-refractivity contribution >= 4 is 37.7 Å². The predicted octanol–water partition coefficient (Wildman–Crippen LogP) is -7.13. The summed E-state index contributed by atoms with van der Waals surface area (Å²) in [5.41, 5.74) is 0. The van der Waals surface area contributed by atoms with Crippen molar-refractivity contribution in [2.75, 3.05) is 65.6 Å². The second-order valence-corrected chi connectivity index (χ2v) is 10.6. The maximum absolute atomic E-state index is 12.3. The van der Waals surface area contributed by atoms with Crippen LogP contribution >= 0.6 is 7.82 Å². The van der Waals surface area contributed by atoms with Crippen LogP contribution in [-0.2, 0) is 37.6 Å². The van der Waals surface area contributed by atoms with Crippen LogP contribution in [-0.4, -0.2) is 116 Å². The van der Waals surface area contributed by atoms with E-state index in [0.717, 1.165) is 35.5 Å². The van der Waals surface area contributed by atoms with Gasteiger partial charge in [0.1, 0.15) is 0 Å². The number of rotatable bonds is 27. The van der Waals surface area contributed by atoms with Gasteiger partial charge in [-0.25, -0.2) is 0 Å². The van der Waals surface area contributed by atoms with Gasteiger partial charge in [0.05, 0.1) is 43.1 Å². The zero-order valence-corrected chi connectivity index (χ0v) is 26.4. The van der Waals surface area contributed by atoms with Crippen LogP contribution in [0.3, 0.4) is 0 Å². The number of unbranched alkanes of at least 4 members (excludes halogenated alkanes) is 5. The number of hydrogen-bond acceptors (Lipinski definition) is 17. The third-order valence-electron chi connectivity index (χ3n) is 5.61. The Morgan fingerprint density at radius 1 is 0.667 bits per heavy atom. The van der Waals surface area contributed by atoms with Gasteiger partial charge in [-0.2, -0.15) is 0 Å². The summed E-state index contributed by atoms with van der Waals surface area (Å²) in [6, 6.07) is -1.42. The Bertz CT molecular complexity index is 864. The SMILES string of the molecule is CCCCCCCCOP(=O)([O-])OCC(CN(CCN(CC(=O)[O-])CC(=O)[O-])CC(=O)[O-])N(CC(=O)[O-])CC(=O)[O-].[Gd+3]. The van der Waals surface area contributed by atoms with Crippen LogP contribution < -0.4 is 30.4 Å². The van der Waals surface area contributed by atoms with E-state index < -0.39 is 89.6 Å². The summed E-state index contributed by atoms with van der Waals surface area (Å²) in [5.74, 6) is -8.42. The van der Waals surface area contributed by atoms with Gasteiger partial charge in [-0.15, -0.1) is 0 Å². The van der Waals surface area contributed by atoms with E-state index in [-0.39, 0.29) is 59.6 Å². The molecule has 1 radical (unpaired) electrons. The third-order valence-corrected chi connectivity index (χ3v) is 6.58. The summed E-state index contributed by atoms with van der Waals surface area (Å²) in [6.07, 6.45) is 5.06. The summed E-state index contributed by atoms with van der Waals surface area (Å²) in [6.45, 7) is -4.94. The average Bonchev–Trinajstić information content (AvgIpc) is 2.82. The Morgan fingerprint density at radius 2 is 1.10 bits per heavy atom. The molecule has 2 unspecified atom stereocenters. The molecule has 2 atom stereocenters. The molecule has 0 N–H and O–H groups in total. The fraction of sp³-hybridized carbons (Fsp3) is 0.783. The molecule has 0 aliphatic carbocycles. The van der Waals surface area contributed by atoms with E-state index in [1.54, 1.807) is 0 Å². The van der Waals surface area contributed by atoms with Crippen molar-refractivity contribution in [2.45, 2.75) is 51.5 Å². The van der Waals surface area contributed by atoms with Gasteiger partial charge in [0, 0.05) is 58.4 Å². The molecule has 0 amide bonds. The molecule has 0 saturated heterocycles. The fourth-order valence-corrected chi connectivity index (χ4v) is 4.55. The van der Waals surface area contributed by atoms with E-state index in [1.165, 1.54) is 0 Å². The minimum absolute atomic E-state index is 0. The number of aliphatic carboxylic acids is 5. The van der Waals surface area contributed by atoms with Crippen molar-refractivity contribution in [3.05, 3.63) is 0 Å². The average molecular weight is 767 g/mol. The molecule has 0 bridgehead atoms. The zero-order valence-electron chi connectivity index (χ0n) is 23.2. The second kappa shape index (κ2) is 24.0. The first kappa shape index (κ1) is 42.8. The Kier molecular flexibility index (Phi) is 24.5. The maximum atomic E-state index is 12.3. The molecule has 0 aromatic rings. The van der Waals surface area contributed by atoms with Crippen LogP contribution in [0.25, 0.3) is 0 Å². The number of hydrogen-bond donors (Lipinski definition) is 0. The third kappa shape index (κ3) is 24.1. The Morgan fingerprint density at radius 3 is 1.57 bits per heavy atom. The van der Waals surface area contributed by atoms with Gasteiger partial charge < -0.3 is 63.4 Å². The van der Waals surface area contributed by atoms with E-state index in [4.69, 9.17) is 9.05 Å². The molecule has 0 aliphatic heterocycles. The van der Waals surface area contributed by atoms with Gasteiger partial charge in [0.25, 0.3) is 7.82 Å². The molecule has 0 fully saturated rings. The standard InChI is InChI=1S/C23H42N3O14P.Gd/c1-2-3-4-5-6-7-10-39-41(37,38)40-17-18(26(15-22(33)34)16-23(35)36)11-24(12-19(27)28)8-9-25(13-20(29)30)14-21(31)32;/h18H,2-17H2,1H3,(H,27,28)(H,29,30)(H,31,32)(H,33,34)(H,35,36)(H,37,38);/q;+3/p-6. The largest absolute Gasteiger partial charge is 3.00 e. The van der Waals surface area contributed by atoms with Gasteiger partial charge >= 0.3 is 39.9 Å². The van der Waals surface area contributed by atoms with E-state index >= 15 is 0 Å². The number of nitrogens with zero attached hydrogens (tertiary/aromatic N) is 3. The van der Waals surface area contributed by atoms with Crippen LogP contribution in [0.1, 0.15) is 45.4 Å². The minimum Gasteiger partial charge on any atom is -0.756 e. The normalized spacial score (nSPS) is 13.5. The molecule has 0 aromatic carbocycles. The van der Waals surface area contributed by atoms with Crippen LogP contribution in [0.2, 0.25) is 0 Å². The zero-order chi connectivity index (χ0) is 31.4. The molecular weight excluding hydrogens is 730 g/mol. The van der Waals surface area contributed by atoms with Crippen LogP contribution in [0.4, 0.5) is 0 Å². The molecule has 0 aromatic heterocycles. The summed E-state index contributed by atoms with van der Waals surface area (Å²) in [5, 5.41) is 55.7. The van der Waals surface area contributed by atoms with Crippen LogP contribution in [0.5, 0.6) is 0 Å². The van der Waals surface area contributed by atoms with Crippen molar-refractivity contribution in [1.82, 2.24) is 14.7 Å². The van der Waals surface area contributed by atoms with E-state index in [0.29, 0.717) is 17.7 Å². The summed E-state index contributed by atoms with van der Waals surface area (Å²) in [7, 11) is -4.95. The molecule has 0 heterocycles. The molecule has 42 heavy (non-hydrogen) atoms. The van der Waals surface area contributed by atoms with E-state index in [1.807, 2.05) is 6.92 Å². The number of phosphoric acid groups is 1. The smallest absolute Gasteiger partial charge is 0.756 e. The van der Waals surface area contributed by atoms with Gasteiger partial charge in [-0.3, -0.25) is 19.3 Å². The van der Waals surface area contributed by atoms with Crippen molar-refractivity contribution < 1.29 is 108 Å². The molecule has 0 rings (SSSR count). The van der Waals surface area contributed by atoms with Gasteiger partial charge in [-0.05, 0) is 6.42 Å². The summed E-state index contributed by atoms with van der Waals surface area (Å²) >= 11 is 0. The Labute approximate surface area is 276 Å². The first-order chi connectivity index (χ1) is 19.1. The molecular formula is C23H36GdN3O14P-3. The number of phosphoric ester groups is 1. The van der Waals surface area contributed by atoms with Crippen LogP contribution in [0.15, 0.2) is 0 Å². The predicted molar refractivity (Wildman–Crippen MR) is 126 cm³/mol. The molecule has 17 nitrogen and oxygen atoms in total. The molecule has 19 heteroatoms. The Hall–Kier alpha value is -1.34. The van der Waals surface area contributed by atoms with Crippen molar-refractivity contribution in [3.63, 3.8) is 0 Å². The van der Waals surface area contributed by atoms with Crippen LogP contribution in [0, 0.1) is 39.9 Å². The van der Waals surface area contributed by atoms with Gasteiger partial charge in [0.15, 0.2) is 0 Å². The molecule has 0 saturated carbocycles. The molecule has 0 spiro atoms. The molecule has 0 aliphatic rings. The van der Waals surface area contributed by atoms with E-state index in [9.17, 15) is 59.0 Å². The first-order valence-electron chi connectivity index (χ1n) is 12.9. The first-order valence-corrected chi connectivity index (χ1v) is 14.4. The Balaban J connectivity index is 0. The van der Waals surface area contributed by atoms with Crippen molar-refractivity contribution in [1.29, 1.82) is 0 Å². The number of carbonyl (C=O) groups excluding carboxylic acids is 5. The second-order valence-electron chi connectivity index (χ2n) is 9.21. The van der Waals surface area contributed by atoms with E-state index in [2.05, 4.69) is 0 Å². The number of carboxylic acid groups (broad SMARTS) is 5. The topological polar surface area (TPSA) is 269 Å².